The van der Waals surface area contributed by atoms with E-state index in [2.05, 4.69) is 54.7 Å². The molecule has 0 aliphatic carbocycles. The molecule has 1 saturated heterocycles. The van der Waals surface area contributed by atoms with Crippen molar-refractivity contribution in [3.8, 4) is 11.8 Å². The molecule has 5 rings (SSSR count). The molecule has 10 nitrogen and oxygen atoms in total. The van der Waals surface area contributed by atoms with Gasteiger partial charge in [0.25, 0.3) is 5.91 Å². The van der Waals surface area contributed by atoms with Crippen LogP contribution >= 0.6 is 11.6 Å². The summed E-state index contributed by atoms with van der Waals surface area (Å²) in [7, 11) is 3.90. The van der Waals surface area contributed by atoms with Gasteiger partial charge in [0.15, 0.2) is 0 Å². The highest BCUT2D eigenvalue weighted by molar-refractivity contribution is 6.31. The maximum absolute atomic E-state index is 13.1. The van der Waals surface area contributed by atoms with Crippen molar-refractivity contribution >= 4 is 40.7 Å². The quantitative estimate of drug-likeness (QED) is 0.276. The number of likely N-dealkylation sites (N-methyl/N-ethyl adjacent to an activating group) is 1. The summed E-state index contributed by atoms with van der Waals surface area (Å²) in [5.41, 5.74) is 5.09. The molecule has 0 saturated carbocycles. The van der Waals surface area contributed by atoms with Crippen LogP contribution in [-0.2, 0) is 13.6 Å². The standard InChI is InChI=1S/C32H33ClN8O2/c1-22-4-7-25(31(42)36-27-10-9-26(29(33)17-27)20-41-14-12-39(2)13-15-41)16-24(22)8-5-23-6-11-30(34-18-23)38-32(43)37-28-19-35-40(3)21-28/h4,6-7,9-11,16-19,21H,12-15,20H2,1-3H3,(H,36,42)(H2,34,37,38,43). The molecule has 4 aromatic rings. The van der Waals surface area contributed by atoms with E-state index in [4.69, 9.17) is 11.6 Å². The predicted octanol–water partition coefficient (Wildman–Crippen LogP) is 4.82. The van der Waals surface area contributed by atoms with Gasteiger partial charge in [-0.15, -0.1) is 0 Å². The largest absolute Gasteiger partial charge is 0.324 e. The van der Waals surface area contributed by atoms with Crippen LogP contribution in [0.5, 0.6) is 0 Å². The maximum atomic E-state index is 13.1. The molecule has 2 aromatic carbocycles. The molecule has 0 atom stereocenters. The van der Waals surface area contributed by atoms with Gasteiger partial charge in [0, 0.05) is 79.6 Å². The summed E-state index contributed by atoms with van der Waals surface area (Å²) in [5.74, 6) is 6.36. The second-order valence-corrected chi connectivity index (χ2v) is 10.9. The molecule has 1 aliphatic rings. The summed E-state index contributed by atoms with van der Waals surface area (Å²) >= 11 is 6.58. The van der Waals surface area contributed by atoms with Gasteiger partial charge >= 0.3 is 6.03 Å². The minimum atomic E-state index is -0.422. The Morgan fingerprint density at radius 1 is 0.907 bits per heavy atom. The zero-order chi connectivity index (χ0) is 30.3. The van der Waals surface area contributed by atoms with Crippen molar-refractivity contribution in [3.05, 3.63) is 100.0 Å². The Hall–Kier alpha value is -4.69. The average molecular weight is 597 g/mol. The van der Waals surface area contributed by atoms with Crippen molar-refractivity contribution in [1.82, 2.24) is 24.6 Å². The minimum absolute atomic E-state index is 0.243. The number of nitrogens with zero attached hydrogens (tertiary/aromatic N) is 5. The number of halogens is 1. The third-order valence-corrected chi connectivity index (χ3v) is 7.46. The average Bonchev–Trinajstić information content (AvgIpc) is 3.39. The van der Waals surface area contributed by atoms with Gasteiger partial charge in [-0.3, -0.25) is 19.7 Å². The number of piperazine rings is 1. The molecule has 1 fully saturated rings. The monoisotopic (exact) mass is 596 g/mol. The zero-order valence-corrected chi connectivity index (χ0v) is 25.1. The second kappa shape index (κ2) is 13.5. The minimum Gasteiger partial charge on any atom is -0.322 e. The van der Waals surface area contributed by atoms with E-state index in [0.29, 0.717) is 33.3 Å². The van der Waals surface area contributed by atoms with Crippen molar-refractivity contribution in [1.29, 1.82) is 0 Å². The molecule has 220 valence electrons. The molecule has 3 amide bonds. The lowest BCUT2D eigenvalue weighted by molar-refractivity contribution is 0.102. The lowest BCUT2D eigenvalue weighted by Gasteiger charge is -2.32. The van der Waals surface area contributed by atoms with E-state index in [-0.39, 0.29) is 5.91 Å². The number of carbonyl (C=O) groups excluding carboxylic acids is 2. The van der Waals surface area contributed by atoms with E-state index >= 15 is 0 Å². The van der Waals surface area contributed by atoms with E-state index in [1.165, 1.54) is 0 Å². The molecular weight excluding hydrogens is 564 g/mol. The molecule has 11 heteroatoms. The Morgan fingerprint density at radius 3 is 2.42 bits per heavy atom. The van der Waals surface area contributed by atoms with Crippen LogP contribution in [0.1, 0.15) is 32.6 Å². The smallest absolute Gasteiger partial charge is 0.322 e. The first-order valence-electron chi connectivity index (χ1n) is 13.9. The highest BCUT2D eigenvalue weighted by Crippen LogP contribution is 2.24. The van der Waals surface area contributed by atoms with Crippen molar-refractivity contribution in [2.75, 3.05) is 49.2 Å². The van der Waals surface area contributed by atoms with Crippen LogP contribution in [0.3, 0.4) is 0 Å². The number of aryl methyl sites for hydroxylation is 2. The fourth-order valence-electron chi connectivity index (χ4n) is 4.55. The Labute approximate surface area is 256 Å². The second-order valence-electron chi connectivity index (χ2n) is 10.5. The zero-order valence-electron chi connectivity index (χ0n) is 24.3. The van der Waals surface area contributed by atoms with E-state index in [1.807, 2.05) is 25.1 Å². The first-order chi connectivity index (χ1) is 20.7. The first-order valence-corrected chi connectivity index (χ1v) is 14.3. The fraction of sp³-hybridized carbons (Fsp3) is 0.250. The summed E-state index contributed by atoms with van der Waals surface area (Å²) < 4.78 is 1.59. The van der Waals surface area contributed by atoms with Gasteiger partial charge in [-0.05, 0) is 61.5 Å². The maximum Gasteiger partial charge on any atom is 0.324 e. The van der Waals surface area contributed by atoms with Gasteiger partial charge in [0.05, 0.1) is 11.9 Å². The molecule has 43 heavy (non-hydrogen) atoms. The third-order valence-electron chi connectivity index (χ3n) is 7.11. The summed E-state index contributed by atoms with van der Waals surface area (Å²) in [5, 5.41) is 13.0. The molecule has 0 spiro atoms. The van der Waals surface area contributed by atoms with Crippen molar-refractivity contribution in [2.45, 2.75) is 13.5 Å². The molecular formula is C32H33ClN8O2. The molecule has 0 bridgehead atoms. The Morgan fingerprint density at radius 2 is 1.72 bits per heavy atom. The summed E-state index contributed by atoms with van der Waals surface area (Å²) in [6, 6.07) is 14.1. The normalized spacial score (nSPS) is 13.6. The topological polar surface area (TPSA) is 107 Å². The van der Waals surface area contributed by atoms with Gasteiger partial charge in [0.1, 0.15) is 5.82 Å². The number of benzene rings is 2. The molecule has 0 unspecified atom stereocenters. The van der Waals surface area contributed by atoms with Crippen molar-refractivity contribution < 1.29 is 9.59 Å². The van der Waals surface area contributed by atoms with Crippen molar-refractivity contribution in [3.63, 3.8) is 0 Å². The van der Waals surface area contributed by atoms with E-state index < -0.39 is 6.03 Å². The lowest BCUT2D eigenvalue weighted by atomic mass is 10.0. The van der Waals surface area contributed by atoms with Crippen LogP contribution in [0.4, 0.5) is 22.0 Å². The number of urea groups is 1. The van der Waals surface area contributed by atoms with Crippen LogP contribution in [0.25, 0.3) is 0 Å². The van der Waals surface area contributed by atoms with Crippen LogP contribution < -0.4 is 16.0 Å². The Kier molecular flexibility index (Phi) is 9.37. The SMILES string of the molecule is Cc1ccc(C(=O)Nc2ccc(CN3CCN(C)CC3)c(Cl)c2)cc1C#Cc1ccc(NC(=O)Nc2cnn(C)c2)nc1. The lowest BCUT2D eigenvalue weighted by Crippen LogP contribution is -2.43. The highest BCUT2D eigenvalue weighted by Gasteiger charge is 2.16. The van der Waals surface area contributed by atoms with E-state index in [9.17, 15) is 9.59 Å². The summed E-state index contributed by atoms with van der Waals surface area (Å²) in [6.07, 6.45) is 4.82. The highest BCUT2D eigenvalue weighted by atomic mass is 35.5. The van der Waals surface area contributed by atoms with Crippen LogP contribution in [0, 0.1) is 18.8 Å². The molecule has 3 heterocycles. The number of nitrogens with one attached hydrogen (secondary N) is 3. The number of rotatable bonds is 6. The predicted molar refractivity (Wildman–Crippen MR) is 169 cm³/mol. The number of anilines is 3. The Bertz CT molecular complexity index is 1680. The number of hydrogen-bond donors (Lipinski definition) is 3. The van der Waals surface area contributed by atoms with Gasteiger partial charge in [0.2, 0.25) is 0 Å². The Balaban J connectivity index is 1.19. The number of aromatic nitrogens is 3. The van der Waals surface area contributed by atoms with E-state index in [0.717, 1.165) is 49.4 Å². The molecule has 3 N–H and O–H groups in total. The number of amides is 3. The molecule has 1 aliphatic heterocycles. The number of hydrogen-bond acceptors (Lipinski definition) is 6. The summed E-state index contributed by atoms with van der Waals surface area (Å²) in [6.45, 7) is 6.84. The number of carbonyl (C=O) groups is 2. The van der Waals surface area contributed by atoms with Crippen molar-refractivity contribution in [2.24, 2.45) is 7.05 Å². The molecule has 0 radical (unpaired) electrons. The summed E-state index contributed by atoms with van der Waals surface area (Å²) in [4.78, 5) is 34.2. The van der Waals surface area contributed by atoms with Gasteiger partial charge in [-0.1, -0.05) is 35.6 Å². The van der Waals surface area contributed by atoms with E-state index in [1.54, 1.807) is 60.7 Å². The van der Waals surface area contributed by atoms with Gasteiger partial charge in [-0.2, -0.15) is 5.10 Å². The van der Waals surface area contributed by atoms with Crippen LogP contribution in [0.15, 0.2) is 67.1 Å². The third kappa shape index (κ3) is 8.20. The van der Waals surface area contributed by atoms with Crippen LogP contribution in [0.2, 0.25) is 5.02 Å². The van der Waals surface area contributed by atoms with Gasteiger partial charge in [-0.25, -0.2) is 9.78 Å². The molecule has 2 aromatic heterocycles. The first kappa shape index (κ1) is 29.8. The van der Waals surface area contributed by atoms with Gasteiger partial charge < -0.3 is 15.5 Å². The fourth-order valence-corrected chi connectivity index (χ4v) is 4.79. The van der Waals surface area contributed by atoms with Crippen LogP contribution in [-0.4, -0.2) is 69.7 Å². The number of pyridine rings is 1.